The van der Waals surface area contributed by atoms with Gasteiger partial charge in [0.15, 0.2) is 0 Å². The maximum atomic E-state index is 12.9. The molecule has 4 rings (SSSR count). The highest BCUT2D eigenvalue weighted by Gasteiger charge is 2.23. The number of aromatic nitrogens is 1. The summed E-state index contributed by atoms with van der Waals surface area (Å²) < 4.78 is 10.9. The SMILES string of the molecule is COc1ccc(OC)c(CN2CCN(C(=O)NCc3cccnc3N3CCN(C)CC3)CC2)c1. The van der Waals surface area contributed by atoms with Gasteiger partial charge in [-0.3, -0.25) is 4.90 Å². The van der Waals surface area contributed by atoms with Crippen molar-refractivity contribution in [2.24, 2.45) is 0 Å². The predicted octanol–water partition coefficient (Wildman–Crippen LogP) is 1.88. The molecule has 2 saturated heterocycles. The smallest absolute Gasteiger partial charge is 0.317 e. The van der Waals surface area contributed by atoms with Crippen molar-refractivity contribution < 1.29 is 14.3 Å². The molecule has 2 amide bonds. The maximum absolute atomic E-state index is 12.9. The molecule has 0 radical (unpaired) electrons. The molecular formula is C25H36N6O3. The molecule has 2 aliphatic heterocycles. The minimum atomic E-state index is -0.0215. The number of nitrogens with zero attached hydrogens (tertiary/aromatic N) is 5. The Kier molecular flexibility index (Phi) is 8.08. The third-order valence-electron chi connectivity index (χ3n) is 6.64. The minimum Gasteiger partial charge on any atom is -0.497 e. The van der Waals surface area contributed by atoms with Crippen molar-refractivity contribution in [1.82, 2.24) is 25.0 Å². The van der Waals surface area contributed by atoms with E-state index in [1.807, 2.05) is 35.4 Å². The molecule has 9 nitrogen and oxygen atoms in total. The third-order valence-corrected chi connectivity index (χ3v) is 6.64. The van der Waals surface area contributed by atoms with Gasteiger partial charge in [0, 0.05) is 82.8 Å². The number of hydrogen-bond donors (Lipinski definition) is 1. The number of ether oxygens (including phenoxy) is 2. The number of anilines is 1. The predicted molar refractivity (Wildman–Crippen MR) is 133 cm³/mol. The highest BCUT2D eigenvalue weighted by molar-refractivity contribution is 5.74. The van der Waals surface area contributed by atoms with Crippen LogP contribution in [0.15, 0.2) is 36.5 Å². The Bertz CT molecular complexity index is 955. The summed E-state index contributed by atoms with van der Waals surface area (Å²) in [7, 11) is 5.50. The summed E-state index contributed by atoms with van der Waals surface area (Å²) in [6.07, 6.45) is 1.83. The highest BCUT2D eigenvalue weighted by Crippen LogP contribution is 2.25. The number of methoxy groups -OCH3 is 2. The molecule has 0 aliphatic carbocycles. The van der Waals surface area contributed by atoms with Gasteiger partial charge in [-0.15, -0.1) is 0 Å². The Balaban J connectivity index is 1.28. The summed E-state index contributed by atoms with van der Waals surface area (Å²) in [5.41, 5.74) is 2.15. The number of carbonyl (C=O) groups excluding carboxylic acids is 1. The summed E-state index contributed by atoms with van der Waals surface area (Å²) in [4.78, 5) is 26.4. The van der Waals surface area contributed by atoms with Crippen LogP contribution in [0.4, 0.5) is 10.6 Å². The van der Waals surface area contributed by atoms with Gasteiger partial charge in [0.1, 0.15) is 17.3 Å². The Morgan fingerprint density at radius 3 is 2.44 bits per heavy atom. The van der Waals surface area contributed by atoms with Gasteiger partial charge in [-0.1, -0.05) is 6.07 Å². The molecule has 2 fully saturated rings. The van der Waals surface area contributed by atoms with Crippen LogP contribution in [0.25, 0.3) is 0 Å². The van der Waals surface area contributed by atoms with Gasteiger partial charge in [0.25, 0.3) is 0 Å². The molecule has 1 aromatic heterocycles. The van der Waals surface area contributed by atoms with Gasteiger partial charge in [-0.05, 0) is 31.3 Å². The van der Waals surface area contributed by atoms with E-state index in [0.717, 1.165) is 74.3 Å². The van der Waals surface area contributed by atoms with Crippen molar-refractivity contribution in [2.75, 3.05) is 78.5 Å². The lowest BCUT2D eigenvalue weighted by Gasteiger charge is -2.35. The van der Waals surface area contributed by atoms with E-state index in [4.69, 9.17) is 9.47 Å². The van der Waals surface area contributed by atoms with Gasteiger partial charge < -0.3 is 29.5 Å². The summed E-state index contributed by atoms with van der Waals surface area (Å²) in [6.45, 7) is 8.20. The van der Waals surface area contributed by atoms with Crippen LogP contribution < -0.4 is 19.7 Å². The lowest BCUT2D eigenvalue weighted by atomic mass is 10.1. The summed E-state index contributed by atoms with van der Waals surface area (Å²) in [6, 6.07) is 9.83. The van der Waals surface area contributed by atoms with Gasteiger partial charge >= 0.3 is 6.03 Å². The first-order valence-electron chi connectivity index (χ1n) is 11.9. The van der Waals surface area contributed by atoms with E-state index in [0.29, 0.717) is 19.6 Å². The summed E-state index contributed by atoms with van der Waals surface area (Å²) in [5, 5.41) is 3.11. The Labute approximate surface area is 202 Å². The standard InChI is InChI=1S/C25H36N6O3/c1-28-9-13-30(14-10-28)24-20(5-4-8-26-24)18-27-25(32)31-15-11-29(12-16-31)19-21-17-22(33-2)6-7-23(21)34-3/h4-8,17H,9-16,18-19H2,1-3H3,(H,27,32). The molecule has 0 atom stereocenters. The Hall–Kier alpha value is -3.04. The normalized spacial score (nSPS) is 17.5. The van der Waals surface area contributed by atoms with Crippen LogP contribution in [0.2, 0.25) is 0 Å². The third kappa shape index (κ3) is 5.90. The van der Waals surface area contributed by atoms with E-state index in [2.05, 4.69) is 38.1 Å². The first-order valence-corrected chi connectivity index (χ1v) is 11.9. The fourth-order valence-corrected chi connectivity index (χ4v) is 4.51. The fourth-order valence-electron chi connectivity index (χ4n) is 4.51. The van der Waals surface area contributed by atoms with Crippen LogP contribution in [0, 0.1) is 0 Å². The molecule has 1 aromatic carbocycles. The molecule has 1 N–H and O–H groups in total. The molecule has 3 heterocycles. The van der Waals surface area contributed by atoms with Crippen LogP contribution in [0.5, 0.6) is 11.5 Å². The van der Waals surface area contributed by atoms with Gasteiger partial charge in [-0.2, -0.15) is 0 Å². The van der Waals surface area contributed by atoms with Gasteiger partial charge in [0.2, 0.25) is 0 Å². The quantitative estimate of drug-likeness (QED) is 0.665. The number of hydrogen-bond acceptors (Lipinski definition) is 7. The molecule has 184 valence electrons. The fraction of sp³-hybridized carbons (Fsp3) is 0.520. The van der Waals surface area contributed by atoms with Crippen molar-refractivity contribution in [1.29, 1.82) is 0 Å². The molecule has 0 saturated carbocycles. The number of nitrogens with one attached hydrogen (secondary N) is 1. The molecule has 0 spiro atoms. The molecule has 34 heavy (non-hydrogen) atoms. The van der Waals surface area contributed by atoms with Crippen molar-refractivity contribution in [3.63, 3.8) is 0 Å². The topological polar surface area (TPSA) is 73.4 Å². The number of benzene rings is 1. The highest BCUT2D eigenvalue weighted by atomic mass is 16.5. The molecule has 0 bridgehead atoms. The van der Waals surface area contributed by atoms with E-state index in [-0.39, 0.29) is 6.03 Å². The average molecular weight is 469 g/mol. The lowest BCUT2D eigenvalue weighted by Crippen LogP contribution is -2.51. The molecular weight excluding hydrogens is 432 g/mol. The first-order chi connectivity index (χ1) is 16.6. The number of likely N-dealkylation sites (N-methyl/N-ethyl adjacent to an activating group) is 1. The molecule has 2 aliphatic rings. The summed E-state index contributed by atoms with van der Waals surface area (Å²) >= 11 is 0. The minimum absolute atomic E-state index is 0.0215. The molecule has 9 heteroatoms. The van der Waals surface area contributed by atoms with E-state index < -0.39 is 0 Å². The van der Waals surface area contributed by atoms with E-state index in [9.17, 15) is 4.79 Å². The van der Waals surface area contributed by atoms with E-state index in [1.54, 1.807) is 14.2 Å². The van der Waals surface area contributed by atoms with Crippen LogP contribution >= 0.6 is 0 Å². The second kappa shape index (κ2) is 11.4. The zero-order valence-electron chi connectivity index (χ0n) is 20.5. The van der Waals surface area contributed by atoms with E-state index in [1.165, 1.54) is 0 Å². The number of carbonyl (C=O) groups is 1. The lowest BCUT2D eigenvalue weighted by molar-refractivity contribution is 0.134. The Morgan fingerprint density at radius 2 is 1.74 bits per heavy atom. The monoisotopic (exact) mass is 468 g/mol. The summed E-state index contributed by atoms with van der Waals surface area (Å²) in [5.74, 6) is 2.65. The maximum Gasteiger partial charge on any atom is 0.317 e. The van der Waals surface area contributed by atoms with Crippen LogP contribution in [0.3, 0.4) is 0 Å². The van der Waals surface area contributed by atoms with Crippen LogP contribution in [0.1, 0.15) is 11.1 Å². The molecule has 0 unspecified atom stereocenters. The number of amides is 2. The second-order valence-electron chi connectivity index (χ2n) is 8.88. The van der Waals surface area contributed by atoms with Crippen LogP contribution in [-0.4, -0.2) is 99.3 Å². The zero-order valence-corrected chi connectivity index (χ0v) is 20.5. The number of urea groups is 1. The van der Waals surface area contributed by atoms with Crippen molar-refractivity contribution >= 4 is 11.8 Å². The zero-order chi connectivity index (χ0) is 23.9. The number of piperazine rings is 2. The van der Waals surface area contributed by atoms with Crippen molar-refractivity contribution in [3.05, 3.63) is 47.7 Å². The largest absolute Gasteiger partial charge is 0.497 e. The average Bonchev–Trinajstić information content (AvgIpc) is 2.88. The number of pyridine rings is 1. The second-order valence-corrected chi connectivity index (χ2v) is 8.88. The van der Waals surface area contributed by atoms with E-state index >= 15 is 0 Å². The van der Waals surface area contributed by atoms with Gasteiger partial charge in [0.05, 0.1) is 14.2 Å². The Morgan fingerprint density at radius 1 is 0.971 bits per heavy atom. The van der Waals surface area contributed by atoms with Crippen molar-refractivity contribution in [3.8, 4) is 11.5 Å². The number of rotatable bonds is 7. The van der Waals surface area contributed by atoms with Gasteiger partial charge in [-0.25, -0.2) is 9.78 Å². The van der Waals surface area contributed by atoms with Crippen LogP contribution in [-0.2, 0) is 13.1 Å². The first kappa shape index (κ1) is 24.1. The molecule has 2 aromatic rings. The van der Waals surface area contributed by atoms with Crippen molar-refractivity contribution in [2.45, 2.75) is 13.1 Å².